The van der Waals surface area contributed by atoms with Crippen LogP contribution < -0.4 is 9.62 Å². The molecule has 1 saturated heterocycles. The number of β-amino-alcohol motifs (C(OH)–C–C–N with tert-alkyl or cyclic N) is 1. The van der Waals surface area contributed by atoms with Gasteiger partial charge in [0.15, 0.2) is 0 Å². The third-order valence-electron chi connectivity index (χ3n) is 4.87. The number of benzene rings is 2. The van der Waals surface area contributed by atoms with Crippen molar-refractivity contribution in [3.63, 3.8) is 0 Å². The van der Waals surface area contributed by atoms with E-state index in [9.17, 15) is 23.1 Å². The van der Waals surface area contributed by atoms with Gasteiger partial charge in [0.25, 0.3) is 15.9 Å². The zero-order chi connectivity index (χ0) is 22.1. The van der Waals surface area contributed by atoms with Crippen molar-refractivity contribution in [2.45, 2.75) is 37.3 Å². The highest BCUT2D eigenvalue weighted by molar-refractivity contribution is 7.92. The molecule has 2 N–H and O–H groups in total. The average molecular weight is 432 g/mol. The number of aliphatic hydroxyl groups excluding tert-OH is 1. The van der Waals surface area contributed by atoms with Gasteiger partial charge in [-0.3, -0.25) is 14.0 Å². The number of urea groups is 1. The van der Waals surface area contributed by atoms with Gasteiger partial charge >= 0.3 is 6.03 Å². The molecule has 0 bridgehead atoms. The molecule has 0 spiro atoms. The normalized spacial score (nSPS) is 17.0. The van der Waals surface area contributed by atoms with Crippen molar-refractivity contribution in [2.24, 2.45) is 0 Å². The van der Waals surface area contributed by atoms with Crippen LogP contribution in [0.3, 0.4) is 0 Å². The molecular formula is C21H25N3O5S. The number of para-hydroxylation sites is 1. The molecule has 3 rings (SSSR count). The van der Waals surface area contributed by atoms with Gasteiger partial charge in [0.2, 0.25) is 0 Å². The number of amides is 3. The summed E-state index contributed by atoms with van der Waals surface area (Å²) in [5, 5.41) is 13.2. The van der Waals surface area contributed by atoms with Crippen LogP contribution in [-0.4, -0.2) is 55.1 Å². The topological polar surface area (TPSA) is 107 Å². The maximum absolute atomic E-state index is 13.3. The molecule has 1 aliphatic rings. The van der Waals surface area contributed by atoms with E-state index in [1.54, 1.807) is 56.3 Å². The molecule has 9 heteroatoms. The average Bonchev–Trinajstić information content (AvgIpc) is 2.88. The molecule has 0 radical (unpaired) electrons. The fourth-order valence-corrected chi connectivity index (χ4v) is 4.72. The lowest BCUT2D eigenvalue weighted by Crippen LogP contribution is -2.45. The van der Waals surface area contributed by atoms with Crippen LogP contribution in [0.5, 0.6) is 0 Å². The van der Waals surface area contributed by atoms with Gasteiger partial charge in [0.1, 0.15) is 5.54 Å². The molecule has 30 heavy (non-hydrogen) atoms. The molecule has 1 heterocycles. The molecule has 2 aromatic carbocycles. The van der Waals surface area contributed by atoms with E-state index >= 15 is 0 Å². The first-order chi connectivity index (χ1) is 14.0. The lowest BCUT2D eigenvalue weighted by molar-refractivity contribution is -0.131. The van der Waals surface area contributed by atoms with Crippen LogP contribution in [-0.2, 0) is 14.8 Å². The quantitative estimate of drug-likeness (QED) is 0.651. The number of rotatable bonds is 7. The van der Waals surface area contributed by atoms with Crippen molar-refractivity contribution in [2.75, 3.05) is 17.4 Å². The van der Waals surface area contributed by atoms with E-state index in [1.807, 2.05) is 6.92 Å². The molecule has 0 aliphatic carbocycles. The zero-order valence-corrected chi connectivity index (χ0v) is 17.9. The molecule has 160 valence electrons. The van der Waals surface area contributed by atoms with E-state index in [4.69, 9.17) is 0 Å². The minimum Gasteiger partial charge on any atom is -0.389 e. The first-order valence-corrected chi connectivity index (χ1v) is 10.9. The molecular weight excluding hydrogens is 406 g/mol. The lowest BCUT2D eigenvalue weighted by atomic mass is 10.1. The molecule has 1 aliphatic heterocycles. The molecule has 0 unspecified atom stereocenters. The third kappa shape index (κ3) is 4.31. The SMILES string of the molecule is Cc1ccc(S(=O)(=O)N(C[C@H](O)CN2C(=O)NC(C)(C)C2=O)c2ccccc2)cc1. The summed E-state index contributed by atoms with van der Waals surface area (Å²) >= 11 is 0. The number of nitrogens with zero attached hydrogens (tertiary/aromatic N) is 2. The van der Waals surface area contributed by atoms with Crippen LogP contribution >= 0.6 is 0 Å². The number of aryl methyl sites for hydroxylation is 1. The Kier molecular flexibility index (Phi) is 5.87. The van der Waals surface area contributed by atoms with Crippen molar-refractivity contribution >= 4 is 27.6 Å². The summed E-state index contributed by atoms with van der Waals surface area (Å²) in [7, 11) is -3.98. The third-order valence-corrected chi connectivity index (χ3v) is 6.68. The maximum Gasteiger partial charge on any atom is 0.325 e. The van der Waals surface area contributed by atoms with Crippen molar-refractivity contribution in [1.82, 2.24) is 10.2 Å². The number of imide groups is 1. The van der Waals surface area contributed by atoms with Gasteiger partial charge in [-0.1, -0.05) is 35.9 Å². The smallest absolute Gasteiger partial charge is 0.325 e. The second-order valence-electron chi connectivity index (χ2n) is 7.81. The van der Waals surface area contributed by atoms with Crippen LogP contribution in [0.4, 0.5) is 10.5 Å². The Morgan fingerprint density at radius 3 is 2.20 bits per heavy atom. The number of sulfonamides is 1. The van der Waals surface area contributed by atoms with Crippen LogP contribution in [0, 0.1) is 6.92 Å². The van der Waals surface area contributed by atoms with Crippen LogP contribution in [0.1, 0.15) is 19.4 Å². The summed E-state index contributed by atoms with van der Waals surface area (Å²) < 4.78 is 27.7. The fourth-order valence-electron chi connectivity index (χ4n) is 3.22. The summed E-state index contributed by atoms with van der Waals surface area (Å²) in [5.41, 5.74) is 0.222. The summed E-state index contributed by atoms with van der Waals surface area (Å²) in [6.45, 7) is 4.35. The molecule has 1 fully saturated rings. The van der Waals surface area contributed by atoms with Gasteiger partial charge in [-0.25, -0.2) is 13.2 Å². The highest BCUT2D eigenvalue weighted by atomic mass is 32.2. The Morgan fingerprint density at radius 2 is 1.67 bits per heavy atom. The van der Waals surface area contributed by atoms with E-state index in [2.05, 4.69) is 5.32 Å². The Morgan fingerprint density at radius 1 is 1.07 bits per heavy atom. The summed E-state index contributed by atoms with van der Waals surface area (Å²) in [6.07, 6.45) is -1.28. The summed E-state index contributed by atoms with van der Waals surface area (Å²) in [4.78, 5) is 25.5. The van der Waals surface area contributed by atoms with E-state index < -0.39 is 33.6 Å². The highest BCUT2D eigenvalue weighted by Gasteiger charge is 2.45. The van der Waals surface area contributed by atoms with Crippen LogP contribution in [0.2, 0.25) is 0 Å². The Hall–Kier alpha value is -2.91. The molecule has 3 amide bonds. The van der Waals surface area contributed by atoms with Crippen LogP contribution in [0.25, 0.3) is 0 Å². The summed E-state index contributed by atoms with van der Waals surface area (Å²) in [6, 6.07) is 14.2. The minimum atomic E-state index is -3.98. The molecule has 0 saturated carbocycles. The molecule has 1 atom stereocenters. The number of nitrogens with one attached hydrogen (secondary N) is 1. The van der Waals surface area contributed by atoms with E-state index in [0.29, 0.717) is 5.69 Å². The van der Waals surface area contributed by atoms with Gasteiger partial charge in [-0.15, -0.1) is 0 Å². The first-order valence-electron chi connectivity index (χ1n) is 9.49. The second kappa shape index (κ2) is 8.08. The summed E-state index contributed by atoms with van der Waals surface area (Å²) in [5.74, 6) is -0.473. The molecule has 8 nitrogen and oxygen atoms in total. The monoisotopic (exact) mass is 431 g/mol. The van der Waals surface area contributed by atoms with Crippen molar-refractivity contribution in [3.05, 3.63) is 60.2 Å². The molecule has 0 aromatic heterocycles. The van der Waals surface area contributed by atoms with E-state index in [-0.39, 0.29) is 18.0 Å². The van der Waals surface area contributed by atoms with Gasteiger partial charge in [0, 0.05) is 0 Å². The number of aliphatic hydroxyl groups is 1. The van der Waals surface area contributed by atoms with Crippen molar-refractivity contribution in [1.29, 1.82) is 0 Å². The standard InChI is InChI=1S/C21H25N3O5S/c1-15-9-11-18(12-10-15)30(28,29)24(16-7-5-4-6-8-16)14-17(25)13-23-19(26)21(2,3)22-20(23)27/h4-12,17,25H,13-14H2,1-3H3,(H,22,27)/t17-/m1/s1. The predicted molar refractivity (Wildman–Crippen MR) is 112 cm³/mol. The number of carbonyl (C=O) groups excluding carboxylic acids is 2. The first kappa shape index (κ1) is 21.8. The predicted octanol–water partition coefficient (Wildman–Crippen LogP) is 1.88. The van der Waals surface area contributed by atoms with E-state index in [1.165, 1.54) is 12.1 Å². The van der Waals surface area contributed by atoms with E-state index in [0.717, 1.165) is 14.8 Å². The highest BCUT2D eigenvalue weighted by Crippen LogP contribution is 2.25. The Balaban J connectivity index is 1.88. The Bertz CT molecular complexity index is 1040. The lowest BCUT2D eigenvalue weighted by Gasteiger charge is -2.28. The number of hydrogen-bond donors (Lipinski definition) is 2. The minimum absolute atomic E-state index is 0.0836. The van der Waals surface area contributed by atoms with Crippen molar-refractivity contribution < 1.29 is 23.1 Å². The Labute approximate surface area is 176 Å². The van der Waals surface area contributed by atoms with Crippen molar-refractivity contribution in [3.8, 4) is 0 Å². The van der Waals surface area contributed by atoms with Crippen LogP contribution in [0.15, 0.2) is 59.5 Å². The molecule has 2 aromatic rings. The van der Waals surface area contributed by atoms with Gasteiger partial charge in [-0.2, -0.15) is 0 Å². The fraction of sp³-hybridized carbons (Fsp3) is 0.333. The number of hydrogen-bond acceptors (Lipinski definition) is 5. The maximum atomic E-state index is 13.3. The van der Waals surface area contributed by atoms with Gasteiger partial charge in [-0.05, 0) is 45.0 Å². The van der Waals surface area contributed by atoms with Gasteiger partial charge in [0.05, 0.1) is 29.8 Å². The van der Waals surface area contributed by atoms with Gasteiger partial charge < -0.3 is 10.4 Å². The number of anilines is 1. The zero-order valence-electron chi connectivity index (χ0n) is 17.1. The largest absolute Gasteiger partial charge is 0.389 e. The second-order valence-corrected chi connectivity index (χ2v) is 9.67. The number of carbonyl (C=O) groups is 2.